The molecule has 0 aliphatic heterocycles. The third-order valence-corrected chi connectivity index (χ3v) is 6.94. The van der Waals surface area contributed by atoms with E-state index < -0.39 is 5.97 Å². The lowest BCUT2D eigenvalue weighted by Crippen LogP contribution is -2.50. The van der Waals surface area contributed by atoms with E-state index in [2.05, 4.69) is 34.6 Å². The van der Waals surface area contributed by atoms with Crippen LogP contribution in [0.5, 0.6) is 0 Å². The van der Waals surface area contributed by atoms with Crippen LogP contribution in [-0.4, -0.2) is 41.7 Å². The van der Waals surface area contributed by atoms with Crippen LogP contribution in [0.4, 0.5) is 0 Å². The summed E-state index contributed by atoms with van der Waals surface area (Å²) in [5.74, 6) is -0.657. The van der Waals surface area contributed by atoms with Crippen molar-refractivity contribution in [2.45, 2.75) is 163 Å². The monoisotopic (exact) mass is 470 g/mol. The Morgan fingerprint density at radius 3 is 1.00 bits per heavy atom. The van der Waals surface area contributed by atoms with Gasteiger partial charge in [-0.3, -0.25) is 4.79 Å². The number of unbranched alkanes of at least 4 members (excludes halogenated alkanes) is 14. The van der Waals surface area contributed by atoms with Gasteiger partial charge in [-0.2, -0.15) is 0 Å². The molecule has 0 aromatic rings. The Labute approximate surface area is 209 Å². The number of nitrogens with zero attached hydrogens (tertiary/aromatic N) is 1. The Morgan fingerprint density at radius 2 is 0.727 bits per heavy atom. The van der Waals surface area contributed by atoms with Crippen molar-refractivity contribution in [3.8, 4) is 0 Å². The second-order valence-corrected chi connectivity index (χ2v) is 10.3. The molecule has 0 fully saturated rings. The summed E-state index contributed by atoms with van der Waals surface area (Å²) in [6.45, 7) is 17.3. The molecule has 0 aromatic heterocycles. The van der Waals surface area contributed by atoms with Crippen molar-refractivity contribution < 1.29 is 14.4 Å². The maximum Gasteiger partial charge on any atom is 0.303 e. The first-order chi connectivity index (χ1) is 16.0. The second kappa shape index (κ2) is 27.7. The zero-order valence-corrected chi connectivity index (χ0v) is 23.8. The summed E-state index contributed by atoms with van der Waals surface area (Å²) < 4.78 is 1.42. The smallest absolute Gasteiger partial charge is 0.303 e. The standard InChI is InChI=1S/C16H36N.C14H28O2/c1-5-9-13-17(14-10-6-2,15-11-7-3)16-12-8-4;1-2-3-4-5-6-7-8-9-10-11-12-13-14(15)16/h5-16H2,1-4H3;2-13H2,1H3,(H,15,16)/q+1;. The van der Waals surface area contributed by atoms with Crippen molar-refractivity contribution >= 4 is 5.97 Å². The summed E-state index contributed by atoms with van der Waals surface area (Å²) in [7, 11) is 0. The molecule has 0 aliphatic rings. The highest BCUT2D eigenvalue weighted by Crippen LogP contribution is 2.16. The van der Waals surface area contributed by atoms with Gasteiger partial charge in [0.25, 0.3) is 0 Å². The third kappa shape index (κ3) is 25.9. The van der Waals surface area contributed by atoms with Gasteiger partial charge in [-0.1, -0.05) is 125 Å². The Morgan fingerprint density at radius 1 is 0.455 bits per heavy atom. The Kier molecular flexibility index (Phi) is 29.0. The minimum absolute atomic E-state index is 0.344. The molecule has 0 unspecified atom stereocenters. The molecule has 0 aliphatic carbocycles. The predicted octanol–water partition coefficient (Wildman–Crippen LogP) is 9.78. The number of hydrogen-bond acceptors (Lipinski definition) is 1. The second-order valence-electron chi connectivity index (χ2n) is 10.3. The fourth-order valence-corrected chi connectivity index (χ4v) is 4.59. The van der Waals surface area contributed by atoms with E-state index in [4.69, 9.17) is 5.11 Å². The van der Waals surface area contributed by atoms with Crippen molar-refractivity contribution in [3.05, 3.63) is 0 Å². The first-order valence-electron chi connectivity index (χ1n) is 15.1. The van der Waals surface area contributed by atoms with E-state index >= 15 is 0 Å². The summed E-state index contributed by atoms with van der Waals surface area (Å²) in [6, 6.07) is 0. The molecule has 0 heterocycles. The van der Waals surface area contributed by atoms with Crippen molar-refractivity contribution in [2.24, 2.45) is 0 Å². The average molecular weight is 471 g/mol. The highest BCUT2D eigenvalue weighted by atomic mass is 16.4. The molecule has 1 N–H and O–H groups in total. The van der Waals surface area contributed by atoms with Crippen LogP contribution >= 0.6 is 0 Å². The number of carboxylic acids is 1. The maximum absolute atomic E-state index is 10.3. The van der Waals surface area contributed by atoms with E-state index in [1.54, 1.807) is 0 Å². The van der Waals surface area contributed by atoms with Crippen LogP contribution in [0, 0.1) is 0 Å². The van der Waals surface area contributed by atoms with Crippen molar-refractivity contribution in [1.82, 2.24) is 0 Å². The topological polar surface area (TPSA) is 37.3 Å². The Bertz CT molecular complexity index is 346. The quantitative estimate of drug-likeness (QED) is 0.112. The van der Waals surface area contributed by atoms with Crippen molar-refractivity contribution in [1.29, 1.82) is 0 Å². The van der Waals surface area contributed by atoms with Gasteiger partial charge < -0.3 is 9.59 Å². The van der Waals surface area contributed by atoms with Crippen LogP contribution in [-0.2, 0) is 4.79 Å². The molecule has 0 saturated carbocycles. The van der Waals surface area contributed by atoms with E-state index in [-0.39, 0.29) is 0 Å². The highest BCUT2D eigenvalue weighted by molar-refractivity contribution is 5.66. The molecule has 3 heteroatoms. The van der Waals surface area contributed by atoms with Gasteiger partial charge in [0, 0.05) is 6.42 Å². The molecule has 200 valence electrons. The molecule has 0 rings (SSSR count). The normalized spacial score (nSPS) is 11.3. The van der Waals surface area contributed by atoms with Gasteiger partial charge in [0.05, 0.1) is 26.2 Å². The Balaban J connectivity index is 0. The lowest BCUT2D eigenvalue weighted by atomic mass is 10.1. The molecule has 0 spiro atoms. The van der Waals surface area contributed by atoms with E-state index in [0.717, 1.165) is 12.8 Å². The zero-order chi connectivity index (χ0) is 25.0. The van der Waals surface area contributed by atoms with Gasteiger partial charge in [0.15, 0.2) is 0 Å². The van der Waals surface area contributed by atoms with E-state index in [9.17, 15) is 4.79 Å². The summed E-state index contributed by atoms with van der Waals surface area (Å²) in [4.78, 5) is 10.3. The van der Waals surface area contributed by atoms with Gasteiger partial charge in [-0.25, -0.2) is 0 Å². The van der Waals surface area contributed by atoms with Gasteiger partial charge in [0.1, 0.15) is 0 Å². The van der Waals surface area contributed by atoms with Gasteiger partial charge >= 0.3 is 5.97 Å². The Hall–Kier alpha value is -0.570. The first-order valence-corrected chi connectivity index (χ1v) is 15.1. The number of carboxylic acid groups (broad SMARTS) is 1. The molecule has 0 bridgehead atoms. The summed E-state index contributed by atoms with van der Waals surface area (Å²) >= 11 is 0. The van der Waals surface area contributed by atoms with Crippen molar-refractivity contribution in [2.75, 3.05) is 26.2 Å². The lowest BCUT2D eigenvalue weighted by molar-refractivity contribution is -0.929. The van der Waals surface area contributed by atoms with Crippen LogP contribution < -0.4 is 0 Å². The maximum atomic E-state index is 10.3. The molecular weight excluding hydrogens is 406 g/mol. The molecule has 0 aromatic carbocycles. The van der Waals surface area contributed by atoms with Crippen LogP contribution in [0.15, 0.2) is 0 Å². The average Bonchev–Trinajstić information content (AvgIpc) is 2.82. The minimum atomic E-state index is -0.657. The molecule has 0 radical (unpaired) electrons. The van der Waals surface area contributed by atoms with Gasteiger partial charge in [-0.15, -0.1) is 0 Å². The number of hydrogen-bond donors (Lipinski definition) is 1. The summed E-state index contributed by atoms with van der Waals surface area (Å²) in [6.07, 6.45) is 25.4. The van der Waals surface area contributed by atoms with Gasteiger partial charge in [-0.05, 0) is 32.1 Å². The van der Waals surface area contributed by atoms with E-state index in [1.165, 1.54) is 140 Å². The van der Waals surface area contributed by atoms with Gasteiger partial charge in [0.2, 0.25) is 0 Å². The SMILES string of the molecule is CCCCCCCCCCCCCC(=O)O.CCCC[N+](CCCC)(CCCC)CCCC. The number of carbonyl (C=O) groups is 1. The molecule has 0 amide bonds. The summed E-state index contributed by atoms with van der Waals surface area (Å²) in [5, 5.41) is 8.46. The third-order valence-electron chi connectivity index (χ3n) is 6.94. The van der Waals surface area contributed by atoms with Crippen LogP contribution in [0.2, 0.25) is 0 Å². The van der Waals surface area contributed by atoms with Crippen LogP contribution in [0.25, 0.3) is 0 Å². The predicted molar refractivity (Wildman–Crippen MR) is 148 cm³/mol. The van der Waals surface area contributed by atoms with E-state index in [0.29, 0.717) is 6.42 Å². The fraction of sp³-hybridized carbons (Fsp3) is 0.967. The number of rotatable bonds is 24. The summed E-state index contributed by atoms with van der Waals surface area (Å²) in [5.41, 5.74) is 0. The fourth-order valence-electron chi connectivity index (χ4n) is 4.59. The number of aliphatic carboxylic acids is 1. The highest BCUT2D eigenvalue weighted by Gasteiger charge is 2.24. The molecule has 3 nitrogen and oxygen atoms in total. The van der Waals surface area contributed by atoms with Crippen LogP contribution in [0.1, 0.15) is 163 Å². The lowest BCUT2D eigenvalue weighted by Gasteiger charge is -2.39. The zero-order valence-electron chi connectivity index (χ0n) is 23.8. The van der Waals surface area contributed by atoms with Crippen molar-refractivity contribution in [3.63, 3.8) is 0 Å². The van der Waals surface area contributed by atoms with Crippen LogP contribution in [0.3, 0.4) is 0 Å². The molecule has 0 atom stereocenters. The molecule has 33 heavy (non-hydrogen) atoms. The molecular formula is C30H64NO2+. The minimum Gasteiger partial charge on any atom is -0.481 e. The largest absolute Gasteiger partial charge is 0.481 e. The molecule has 0 saturated heterocycles. The number of quaternary nitrogens is 1. The van der Waals surface area contributed by atoms with E-state index in [1.807, 2.05) is 0 Å². The first kappa shape index (κ1) is 34.6.